The molecular formula is C48H63ClO8. The van der Waals surface area contributed by atoms with Crippen molar-refractivity contribution in [1.82, 2.24) is 0 Å². The standard InChI is InChI=1S/C26H27ClO2.C12H18O3.C7H8O.C2H6O.CH4O/c27-26-15-10-21(7-6-20-4-2-1-3-5-20)18-23(26)19-22-8-11-24(12-9-22)28-16-17-29-25-13-14-25;1-10(7-12(14)8-13)15-9-11-5-3-2-4-6-11;8-6-7-4-2-1-3-5-7;1-2-3;1-2/h1-5,8-12,15,18,25H,6-7,13-14,16-17,19H2;2-6,10,12-14H,7-9H2,1H3;1-5,8H,6H2;3H,2H2,1H3;2H,1H3. The number of aryl methyl sites for hydroxylation is 2. The average molecular weight is 803 g/mol. The molecule has 1 aliphatic carbocycles. The maximum Gasteiger partial charge on any atom is 0.119 e. The summed E-state index contributed by atoms with van der Waals surface area (Å²) in [6.45, 7) is 5.56. The molecule has 1 saturated carbocycles. The molecule has 1 aliphatic rings. The maximum absolute atomic E-state index is 9.20. The third-order valence-corrected chi connectivity index (χ3v) is 8.79. The van der Waals surface area contributed by atoms with Gasteiger partial charge in [-0.15, -0.1) is 0 Å². The van der Waals surface area contributed by atoms with Gasteiger partial charge in [-0.2, -0.15) is 0 Å². The molecule has 0 aliphatic heterocycles. The highest BCUT2D eigenvalue weighted by Crippen LogP contribution is 2.24. The van der Waals surface area contributed by atoms with Crippen molar-refractivity contribution in [2.24, 2.45) is 0 Å². The highest BCUT2D eigenvalue weighted by Gasteiger charge is 2.21. The lowest BCUT2D eigenvalue weighted by Crippen LogP contribution is -2.20. The fourth-order valence-electron chi connectivity index (χ4n) is 5.31. The number of ether oxygens (including phenoxy) is 3. The van der Waals surface area contributed by atoms with Crippen LogP contribution in [-0.2, 0) is 41.9 Å². The molecule has 5 aromatic rings. The molecule has 0 spiro atoms. The van der Waals surface area contributed by atoms with Crippen LogP contribution in [0.1, 0.15) is 66.5 Å². The number of aliphatic hydroxyl groups excluding tert-OH is 5. The molecule has 9 heteroatoms. The van der Waals surface area contributed by atoms with Crippen LogP contribution in [0.25, 0.3) is 0 Å². The van der Waals surface area contributed by atoms with E-state index in [2.05, 4.69) is 54.6 Å². The van der Waals surface area contributed by atoms with Crippen LogP contribution in [-0.4, -0.2) is 77.4 Å². The normalized spacial score (nSPS) is 12.4. The van der Waals surface area contributed by atoms with Gasteiger partial charge in [0.15, 0.2) is 0 Å². The predicted molar refractivity (Wildman–Crippen MR) is 231 cm³/mol. The molecule has 0 heterocycles. The summed E-state index contributed by atoms with van der Waals surface area (Å²) < 4.78 is 16.9. The Bertz CT molecular complexity index is 1670. The third kappa shape index (κ3) is 23.0. The second-order valence-corrected chi connectivity index (χ2v) is 13.7. The molecule has 0 aromatic heterocycles. The first-order valence-electron chi connectivity index (χ1n) is 19.6. The Morgan fingerprint density at radius 2 is 1.19 bits per heavy atom. The van der Waals surface area contributed by atoms with Crippen LogP contribution >= 0.6 is 11.6 Å². The molecule has 5 N–H and O–H groups in total. The largest absolute Gasteiger partial charge is 0.491 e. The van der Waals surface area contributed by atoms with E-state index in [1.54, 1.807) is 6.92 Å². The lowest BCUT2D eigenvalue weighted by atomic mass is 9.99. The van der Waals surface area contributed by atoms with Gasteiger partial charge in [-0.25, -0.2) is 0 Å². The molecule has 8 nitrogen and oxygen atoms in total. The highest BCUT2D eigenvalue weighted by atomic mass is 35.5. The Balaban J connectivity index is 0.000000332. The molecule has 0 saturated heterocycles. The Hall–Kier alpha value is -4.09. The molecule has 1 fully saturated rings. The van der Waals surface area contributed by atoms with Crippen molar-refractivity contribution >= 4 is 11.6 Å². The van der Waals surface area contributed by atoms with Crippen molar-refractivity contribution in [3.8, 4) is 5.75 Å². The van der Waals surface area contributed by atoms with E-state index in [9.17, 15) is 5.11 Å². The minimum atomic E-state index is -0.684. The van der Waals surface area contributed by atoms with Gasteiger partial charge in [0.1, 0.15) is 12.4 Å². The molecular weight excluding hydrogens is 740 g/mol. The molecule has 0 amide bonds. The van der Waals surface area contributed by atoms with Gasteiger partial charge in [0.25, 0.3) is 0 Å². The molecule has 310 valence electrons. The summed E-state index contributed by atoms with van der Waals surface area (Å²) in [6.07, 6.45) is 5.49. The van der Waals surface area contributed by atoms with Gasteiger partial charge < -0.3 is 39.7 Å². The summed E-state index contributed by atoms with van der Waals surface area (Å²) in [4.78, 5) is 0. The van der Waals surface area contributed by atoms with Crippen LogP contribution in [0.3, 0.4) is 0 Å². The van der Waals surface area contributed by atoms with E-state index >= 15 is 0 Å². The fourth-order valence-corrected chi connectivity index (χ4v) is 5.49. The second kappa shape index (κ2) is 31.0. The number of benzene rings is 5. The number of hydrogen-bond acceptors (Lipinski definition) is 8. The third-order valence-electron chi connectivity index (χ3n) is 8.42. The summed E-state index contributed by atoms with van der Waals surface area (Å²) in [5, 5.41) is 41.8. The van der Waals surface area contributed by atoms with Crippen LogP contribution in [0.5, 0.6) is 5.75 Å². The SMILES string of the molecule is CC(CC(O)CO)OCc1ccccc1.CCO.CO.Clc1ccc(CCc2ccccc2)cc1Cc1ccc(OCCOC2CC2)cc1.OCc1ccccc1. The van der Waals surface area contributed by atoms with E-state index in [1.165, 1.54) is 35.1 Å². The van der Waals surface area contributed by atoms with Gasteiger partial charge in [-0.3, -0.25) is 0 Å². The van der Waals surface area contributed by atoms with Crippen LogP contribution in [0, 0.1) is 0 Å². The van der Waals surface area contributed by atoms with E-state index in [-0.39, 0.29) is 25.9 Å². The zero-order valence-electron chi connectivity index (χ0n) is 33.8. The first kappa shape index (κ1) is 49.1. The summed E-state index contributed by atoms with van der Waals surface area (Å²) >= 11 is 6.47. The van der Waals surface area contributed by atoms with Crippen molar-refractivity contribution in [3.63, 3.8) is 0 Å². The molecule has 57 heavy (non-hydrogen) atoms. The molecule has 5 aromatic carbocycles. The monoisotopic (exact) mass is 802 g/mol. The summed E-state index contributed by atoms with van der Waals surface area (Å²) in [5.41, 5.74) is 7.17. The molecule has 0 bridgehead atoms. The second-order valence-electron chi connectivity index (χ2n) is 13.3. The van der Waals surface area contributed by atoms with Gasteiger partial charge in [0.2, 0.25) is 0 Å². The van der Waals surface area contributed by atoms with Crippen molar-refractivity contribution in [1.29, 1.82) is 0 Å². The Kier molecular flexibility index (Phi) is 26.7. The van der Waals surface area contributed by atoms with E-state index in [1.807, 2.05) is 85.8 Å². The van der Waals surface area contributed by atoms with Gasteiger partial charge in [0.05, 0.1) is 44.7 Å². The maximum atomic E-state index is 9.20. The number of halogens is 1. The van der Waals surface area contributed by atoms with Gasteiger partial charge in [0, 0.05) is 25.2 Å². The Labute approximate surface area is 345 Å². The highest BCUT2D eigenvalue weighted by molar-refractivity contribution is 6.31. The summed E-state index contributed by atoms with van der Waals surface area (Å²) in [5.74, 6) is 0.885. The predicted octanol–water partition coefficient (Wildman–Crippen LogP) is 8.39. The molecule has 2 unspecified atom stereocenters. The average Bonchev–Trinajstić information content (AvgIpc) is 4.10. The van der Waals surface area contributed by atoms with Crippen LogP contribution < -0.4 is 4.74 Å². The van der Waals surface area contributed by atoms with Crippen LogP contribution in [0.15, 0.2) is 133 Å². The van der Waals surface area contributed by atoms with E-state index in [4.69, 9.17) is 46.2 Å². The minimum Gasteiger partial charge on any atom is -0.491 e. The zero-order valence-corrected chi connectivity index (χ0v) is 34.5. The Morgan fingerprint density at radius 1 is 0.667 bits per heavy atom. The number of aliphatic hydroxyl groups is 5. The number of hydrogen-bond donors (Lipinski definition) is 5. The van der Waals surface area contributed by atoms with Crippen LogP contribution in [0.4, 0.5) is 0 Å². The molecule has 6 rings (SSSR count). The van der Waals surface area contributed by atoms with Crippen LogP contribution in [0.2, 0.25) is 5.02 Å². The van der Waals surface area contributed by atoms with Crippen molar-refractivity contribution in [3.05, 3.63) is 172 Å². The van der Waals surface area contributed by atoms with E-state index in [0.29, 0.717) is 32.3 Å². The van der Waals surface area contributed by atoms with Gasteiger partial charge >= 0.3 is 0 Å². The van der Waals surface area contributed by atoms with Crippen molar-refractivity contribution in [2.45, 2.75) is 83.9 Å². The molecule has 2 atom stereocenters. The van der Waals surface area contributed by atoms with Crippen molar-refractivity contribution < 1.29 is 39.7 Å². The minimum absolute atomic E-state index is 0.0487. The lowest BCUT2D eigenvalue weighted by molar-refractivity contribution is -0.00107. The van der Waals surface area contributed by atoms with E-state index in [0.717, 1.165) is 48.3 Å². The van der Waals surface area contributed by atoms with Gasteiger partial charge in [-0.1, -0.05) is 127 Å². The summed E-state index contributed by atoms with van der Waals surface area (Å²) in [7, 11) is 1.00. The topological polar surface area (TPSA) is 129 Å². The molecule has 0 radical (unpaired) electrons. The fraction of sp³-hybridized carbons (Fsp3) is 0.375. The Morgan fingerprint density at radius 3 is 1.72 bits per heavy atom. The van der Waals surface area contributed by atoms with Crippen molar-refractivity contribution in [2.75, 3.05) is 33.5 Å². The van der Waals surface area contributed by atoms with Gasteiger partial charge in [-0.05, 0) is 97.5 Å². The van der Waals surface area contributed by atoms with E-state index < -0.39 is 6.10 Å². The summed E-state index contributed by atoms with van der Waals surface area (Å²) in [6, 6.07) is 44.7. The first-order chi connectivity index (χ1) is 27.8. The number of rotatable bonds is 17. The quantitative estimate of drug-likeness (QED) is 0.0594. The first-order valence-corrected chi connectivity index (χ1v) is 20.0. The smallest absolute Gasteiger partial charge is 0.119 e. The lowest BCUT2D eigenvalue weighted by Gasteiger charge is -2.15. The zero-order chi connectivity index (χ0) is 41.5.